The van der Waals surface area contributed by atoms with E-state index in [2.05, 4.69) is 15.7 Å². The van der Waals surface area contributed by atoms with Crippen molar-refractivity contribution in [1.29, 1.82) is 0 Å². The standard InChI is InChI=1S/C16H20N2O2S2/c1-11(8-20-3)17-16(19)13-4-6-15(7-5-13)22-10-14-9-21-12(2)18-14/h4-7,9,11H,8,10H2,1-3H3,(H,17,19). The van der Waals surface area contributed by atoms with Gasteiger partial charge in [0, 0.05) is 34.7 Å². The molecular weight excluding hydrogens is 316 g/mol. The van der Waals surface area contributed by atoms with Crippen LogP contribution < -0.4 is 5.32 Å². The van der Waals surface area contributed by atoms with Crippen LogP contribution in [0, 0.1) is 6.92 Å². The van der Waals surface area contributed by atoms with Crippen LogP contribution in [0.15, 0.2) is 34.5 Å². The molecule has 0 aliphatic rings. The van der Waals surface area contributed by atoms with Crippen molar-refractivity contribution in [3.05, 3.63) is 45.9 Å². The first-order valence-corrected chi connectivity index (χ1v) is 8.88. The van der Waals surface area contributed by atoms with Crippen LogP contribution in [-0.2, 0) is 10.5 Å². The molecule has 1 unspecified atom stereocenters. The number of ether oxygens (including phenoxy) is 1. The number of rotatable bonds is 7. The minimum atomic E-state index is -0.0729. The lowest BCUT2D eigenvalue weighted by Crippen LogP contribution is -2.35. The highest BCUT2D eigenvalue weighted by Gasteiger charge is 2.09. The quantitative estimate of drug-likeness (QED) is 0.786. The van der Waals surface area contributed by atoms with Crippen LogP contribution in [0.5, 0.6) is 0 Å². The monoisotopic (exact) mass is 336 g/mol. The lowest BCUT2D eigenvalue weighted by Gasteiger charge is -2.12. The Morgan fingerprint density at radius 1 is 1.41 bits per heavy atom. The van der Waals surface area contributed by atoms with Crippen LogP contribution in [0.2, 0.25) is 0 Å². The van der Waals surface area contributed by atoms with Crippen molar-refractivity contribution in [1.82, 2.24) is 10.3 Å². The molecule has 0 fully saturated rings. The van der Waals surface area contributed by atoms with E-state index in [1.54, 1.807) is 30.2 Å². The molecule has 22 heavy (non-hydrogen) atoms. The van der Waals surface area contributed by atoms with Crippen LogP contribution in [0.4, 0.5) is 0 Å². The number of methoxy groups -OCH3 is 1. The molecule has 0 aliphatic heterocycles. The topological polar surface area (TPSA) is 51.2 Å². The average molecular weight is 336 g/mol. The van der Waals surface area contributed by atoms with Gasteiger partial charge in [-0.1, -0.05) is 0 Å². The van der Waals surface area contributed by atoms with E-state index in [0.717, 1.165) is 21.3 Å². The van der Waals surface area contributed by atoms with Crippen molar-refractivity contribution in [3.8, 4) is 0 Å². The van der Waals surface area contributed by atoms with Crippen LogP contribution in [-0.4, -0.2) is 30.6 Å². The van der Waals surface area contributed by atoms with E-state index in [1.807, 2.05) is 38.1 Å². The molecule has 4 nitrogen and oxygen atoms in total. The highest BCUT2D eigenvalue weighted by atomic mass is 32.2. The number of amides is 1. The molecule has 1 atom stereocenters. The van der Waals surface area contributed by atoms with Crippen molar-refractivity contribution >= 4 is 29.0 Å². The molecule has 118 valence electrons. The van der Waals surface area contributed by atoms with Crippen molar-refractivity contribution in [3.63, 3.8) is 0 Å². The first-order chi connectivity index (χ1) is 10.6. The Morgan fingerprint density at radius 2 is 2.14 bits per heavy atom. The summed E-state index contributed by atoms with van der Waals surface area (Å²) >= 11 is 3.39. The molecule has 0 aliphatic carbocycles. The van der Waals surface area contributed by atoms with Crippen molar-refractivity contribution in [2.45, 2.75) is 30.5 Å². The molecule has 0 radical (unpaired) electrons. The largest absolute Gasteiger partial charge is 0.383 e. The zero-order valence-corrected chi connectivity index (χ0v) is 14.6. The fourth-order valence-electron chi connectivity index (χ4n) is 1.93. The molecule has 1 N–H and O–H groups in total. The molecule has 0 bridgehead atoms. The minimum Gasteiger partial charge on any atom is -0.383 e. The molecule has 1 aromatic heterocycles. The zero-order valence-electron chi connectivity index (χ0n) is 13.0. The SMILES string of the molecule is COCC(C)NC(=O)c1ccc(SCc2csc(C)n2)cc1. The van der Waals surface area contributed by atoms with E-state index in [4.69, 9.17) is 4.74 Å². The Bertz CT molecular complexity index is 611. The summed E-state index contributed by atoms with van der Waals surface area (Å²) in [4.78, 5) is 17.6. The number of thiazole rings is 1. The second-order valence-corrected chi connectivity index (χ2v) is 7.11. The molecule has 0 spiro atoms. The van der Waals surface area contributed by atoms with Gasteiger partial charge in [0.05, 0.1) is 17.3 Å². The smallest absolute Gasteiger partial charge is 0.251 e. The zero-order chi connectivity index (χ0) is 15.9. The highest BCUT2D eigenvalue weighted by molar-refractivity contribution is 7.98. The second-order valence-electron chi connectivity index (χ2n) is 5.00. The Kier molecular flexibility index (Phi) is 6.42. The third kappa shape index (κ3) is 5.12. The Labute approximate surface area is 139 Å². The molecule has 1 aromatic carbocycles. The summed E-state index contributed by atoms with van der Waals surface area (Å²) in [7, 11) is 1.62. The number of nitrogens with one attached hydrogen (secondary N) is 1. The van der Waals surface area contributed by atoms with Crippen molar-refractivity contribution in [2.24, 2.45) is 0 Å². The first-order valence-electron chi connectivity index (χ1n) is 7.02. The number of carbonyl (C=O) groups is 1. The molecule has 1 amide bonds. The second kappa shape index (κ2) is 8.31. The minimum absolute atomic E-state index is 0.000503. The van der Waals surface area contributed by atoms with Gasteiger partial charge in [-0.3, -0.25) is 4.79 Å². The summed E-state index contributed by atoms with van der Waals surface area (Å²) in [5.74, 6) is 0.775. The van der Waals surface area contributed by atoms with E-state index < -0.39 is 0 Å². The van der Waals surface area contributed by atoms with E-state index >= 15 is 0 Å². The Balaban J connectivity index is 1.88. The number of aromatic nitrogens is 1. The van der Waals surface area contributed by atoms with Gasteiger partial charge in [0.15, 0.2) is 0 Å². The number of thioether (sulfide) groups is 1. The van der Waals surface area contributed by atoms with Gasteiger partial charge in [-0.25, -0.2) is 4.98 Å². The van der Waals surface area contributed by atoms with E-state index in [0.29, 0.717) is 12.2 Å². The summed E-state index contributed by atoms with van der Waals surface area (Å²) in [5, 5.41) is 6.07. The Hall–Kier alpha value is -1.37. The van der Waals surface area contributed by atoms with Gasteiger partial charge in [-0.15, -0.1) is 23.1 Å². The molecule has 1 heterocycles. The summed E-state index contributed by atoms with van der Waals surface area (Å²) in [6, 6.07) is 7.64. The summed E-state index contributed by atoms with van der Waals surface area (Å²) in [6.07, 6.45) is 0. The third-order valence-corrected chi connectivity index (χ3v) is 4.83. The fourth-order valence-corrected chi connectivity index (χ4v) is 3.44. The van der Waals surface area contributed by atoms with Crippen molar-refractivity contribution < 1.29 is 9.53 Å². The molecule has 0 saturated heterocycles. The lowest BCUT2D eigenvalue weighted by atomic mass is 10.2. The number of hydrogen-bond donors (Lipinski definition) is 1. The van der Waals surface area contributed by atoms with Gasteiger partial charge < -0.3 is 10.1 Å². The van der Waals surface area contributed by atoms with Gasteiger partial charge in [0.1, 0.15) is 0 Å². The summed E-state index contributed by atoms with van der Waals surface area (Å²) in [6.45, 7) is 4.44. The third-order valence-electron chi connectivity index (χ3n) is 2.96. The maximum absolute atomic E-state index is 12.0. The normalized spacial score (nSPS) is 12.1. The predicted octanol–water partition coefficient (Wildman–Crippen LogP) is 3.51. The lowest BCUT2D eigenvalue weighted by molar-refractivity contribution is 0.0905. The van der Waals surface area contributed by atoms with Crippen molar-refractivity contribution in [2.75, 3.05) is 13.7 Å². The highest BCUT2D eigenvalue weighted by Crippen LogP contribution is 2.23. The fraction of sp³-hybridized carbons (Fsp3) is 0.375. The van der Waals surface area contributed by atoms with Gasteiger partial charge in [-0.2, -0.15) is 0 Å². The van der Waals surface area contributed by atoms with Crippen LogP contribution in [0.1, 0.15) is 28.0 Å². The molecule has 6 heteroatoms. The number of carbonyl (C=O) groups excluding carboxylic acids is 1. The van der Waals surface area contributed by atoms with Gasteiger partial charge in [0.25, 0.3) is 5.91 Å². The molecule has 2 aromatic rings. The van der Waals surface area contributed by atoms with Crippen LogP contribution in [0.3, 0.4) is 0 Å². The first kappa shape index (κ1) is 17.0. The molecule has 0 saturated carbocycles. The average Bonchev–Trinajstić information content (AvgIpc) is 2.91. The summed E-state index contributed by atoms with van der Waals surface area (Å²) < 4.78 is 5.01. The number of hydrogen-bond acceptors (Lipinski definition) is 5. The van der Waals surface area contributed by atoms with Crippen LogP contribution >= 0.6 is 23.1 Å². The van der Waals surface area contributed by atoms with E-state index in [9.17, 15) is 4.79 Å². The maximum atomic E-state index is 12.0. The van der Waals surface area contributed by atoms with Gasteiger partial charge in [-0.05, 0) is 38.1 Å². The molecule has 2 rings (SSSR count). The Morgan fingerprint density at radius 3 is 2.73 bits per heavy atom. The maximum Gasteiger partial charge on any atom is 0.251 e. The number of aryl methyl sites for hydroxylation is 1. The number of benzene rings is 1. The van der Waals surface area contributed by atoms with Crippen LogP contribution in [0.25, 0.3) is 0 Å². The predicted molar refractivity (Wildman–Crippen MR) is 91.7 cm³/mol. The summed E-state index contributed by atoms with van der Waals surface area (Å²) in [5.41, 5.74) is 1.76. The van der Waals surface area contributed by atoms with E-state index in [-0.39, 0.29) is 11.9 Å². The van der Waals surface area contributed by atoms with E-state index in [1.165, 1.54) is 0 Å². The van der Waals surface area contributed by atoms with Gasteiger partial charge in [0.2, 0.25) is 0 Å². The molecular formula is C16H20N2O2S2. The number of nitrogens with zero attached hydrogens (tertiary/aromatic N) is 1. The van der Waals surface area contributed by atoms with Gasteiger partial charge >= 0.3 is 0 Å².